The van der Waals surface area contributed by atoms with Gasteiger partial charge in [-0.05, 0) is 213 Å². The van der Waals surface area contributed by atoms with Crippen molar-refractivity contribution in [2.75, 3.05) is 59.9 Å². The summed E-state index contributed by atoms with van der Waals surface area (Å²) < 4.78 is 31.5. The number of aromatic amines is 1. The number of aromatic hydroxyl groups is 1. The first-order chi connectivity index (χ1) is 60.9. The van der Waals surface area contributed by atoms with Crippen molar-refractivity contribution in [3.8, 4) is 75.7 Å². The molecular formula is C90H97Cl3N20O12Si2. The molecule has 0 spiro atoms. The van der Waals surface area contributed by atoms with Crippen molar-refractivity contribution in [2.24, 2.45) is 0 Å². The standard InChI is InChI=1S/C29H34N6O4Si.C23H20N6O3.C20H28N4O3Si.C9H7ClN2O.C7H6N2.C2H2Cl2O/c1-5-14-34-19-31-27-26(29(34)37)35(20-38-15-16-40(2,3)4)28(33-27)22-8-12-24(13-9-22)39-18-25(36)32-23-10-6-21(17-30)7-11-23;1-2-11-29-14-25-22-20(23(29)31)27-21(28-22)16-5-9-18(10-6-16)32-13-19(30)26-17-7-3-15(12-24)4-8-17;1-5-10-23-13-21-18-17(20(23)26)24(14-27-11-12-28(2,3)4)19(22-18)15-6-8-16(25)9-7-15;10-5-9(13)12-8-3-1-7(6-11)2-4-8;8-5-6-1-3-7(9)4-2-6;3-1-2(4)5/h6-13,19H,5,14-16,18,20H2,1-4H3,(H,32,36);3-10,14H,2,11,13H2,1H3,(H,26,30)(H,27,28);6-9,13,25H,5,10-12,14H2,1-4H3;1-4H,5H2,(H,12,13);1-4H,9H2;1H2. The van der Waals surface area contributed by atoms with Crippen LogP contribution in [0.2, 0.25) is 51.4 Å². The number of nitrogens with two attached hydrogens (primary N) is 1. The Morgan fingerprint density at radius 1 is 0.465 bits per heavy atom. The third-order valence-electron chi connectivity index (χ3n) is 18.0. The number of benzene rings is 7. The summed E-state index contributed by atoms with van der Waals surface area (Å²) in [7, 11) is -2.47. The van der Waals surface area contributed by atoms with Crippen molar-refractivity contribution in [3.05, 3.63) is 242 Å². The fourth-order valence-electron chi connectivity index (χ4n) is 11.5. The van der Waals surface area contributed by atoms with Gasteiger partial charge >= 0.3 is 0 Å². The van der Waals surface area contributed by atoms with E-state index in [0.29, 0.717) is 140 Å². The molecule has 37 heteroatoms. The number of alkyl halides is 2. The fraction of sp³-hybridized carbons (Fsp3) is 0.278. The van der Waals surface area contributed by atoms with Gasteiger partial charge in [-0.3, -0.25) is 56.4 Å². The number of rotatable bonds is 30. The molecule has 0 bridgehead atoms. The van der Waals surface area contributed by atoms with Crippen molar-refractivity contribution in [3.63, 3.8) is 0 Å². The molecule has 127 heavy (non-hydrogen) atoms. The van der Waals surface area contributed by atoms with Crippen molar-refractivity contribution in [1.82, 2.24) is 57.7 Å². The van der Waals surface area contributed by atoms with Gasteiger partial charge in [0.1, 0.15) is 73.0 Å². The Hall–Kier alpha value is -13.9. The lowest BCUT2D eigenvalue weighted by Gasteiger charge is -2.16. The molecule has 0 atom stereocenters. The maximum Gasteiger partial charge on any atom is 0.279 e. The van der Waals surface area contributed by atoms with E-state index >= 15 is 0 Å². The van der Waals surface area contributed by atoms with Gasteiger partial charge in [0, 0.05) is 88.4 Å². The first kappa shape index (κ1) is 98.5. The van der Waals surface area contributed by atoms with Gasteiger partial charge in [0.2, 0.25) is 11.1 Å². The second-order valence-electron chi connectivity index (χ2n) is 30.5. The van der Waals surface area contributed by atoms with Gasteiger partial charge in [0.05, 0.1) is 52.4 Å². The van der Waals surface area contributed by atoms with E-state index in [-0.39, 0.29) is 78.6 Å². The molecule has 13 aromatic rings. The van der Waals surface area contributed by atoms with Crippen LogP contribution in [0.15, 0.2) is 203 Å². The Labute approximate surface area is 749 Å². The van der Waals surface area contributed by atoms with E-state index in [1.54, 1.807) is 193 Å². The number of carbonyl (C=O) groups excluding carboxylic acids is 4. The number of carbonyl (C=O) groups is 4. The van der Waals surface area contributed by atoms with Crippen molar-refractivity contribution in [1.29, 1.82) is 21.0 Å². The molecule has 7 aromatic carbocycles. The van der Waals surface area contributed by atoms with Gasteiger partial charge < -0.3 is 50.7 Å². The molecule has 6 heterocycles. The summed E-state index contributed by atoms with van der Waals surface area (Å²) in [6, 6.07) is 57.6. The molecule has 0 saturated heterocycles. The average molecular weight is 1810 g/mol. The molecule has 0 radical (unpaired) electrons. The lowest BCUT2D eigenvalue weighted by atomic mass is 10.2. The molecule has 0 aliphatic rings. The molecule has 3 amide bonds. The zero-order chi connectivity index (χ0) is 92.2. The highest BCUT2D eigenvalue weighted by molar-refractivity contribution is 6.76. The first-order valence-corrected chi connectivity index (χ1v) is 49.0. The van der Waals surface area contributed by atoms with Crippen molar-refractivity contribution in [2.45, 2.75) is 124 Å². The minimum Gasteiger partial charge on any atom is -0.508 e. The topological polar surface area (TPSA) is 452 Å². The third kappa shape index (κ3) is 30.8. The summed E-state index contributed by atoms with van der Waals surface area (Å²) in [4.78, 5) is 113. The number of imidazole rings is 3. The van der Waals surface area contributed by atoms with E-state index in [1.165, 1.54) is 6.33 Å². The van der Waals surface area contributed by atoms with E-state index < -0.39 is 21.4 Å². The summed E-state index contributed by atoms with van der Waals surface area (Å²) in [5.41, 5.74) is 14.4. The summed E-state index contributed by atoms with van der Waals surface area (Å²) in [5, 5.41) is 51.6. The second-order valence-corrected chi connectivity index (χ2v) is 42.7. The number of hydrogen-bond acceptors (Lipinski definition) is 23. The number of nitrogen functional groups attached to an aromatic ring is 1. The van der Waals surface area contributed by atoms with Crippen LogP contribution in [0.5, 0.6) is 17.2 Å². The van der Waals surface area contributed by atoms with Gasteiger partial charge in [-0.15, -0.1) is 23.2 Å². The Balaban J connectivity index is 0.000000207. The number of nitriles is 4. The number of phenolic OH excluding ortho intramolecular Hbond substituents is 1. The minimum atomic E-state index is -1.27. The molecule has 0 fully saturated rings. The highest BCUT2D eigenvalue weighted by atomic mass is 35.5. The van der Waals surface area contributed by atoms with Gasteiger partial charge in [-0.25, -0.2) is 29.9 Å². The Bertz CT molecular complexity index is 6230. The maximum atomic E-state index is 13.3. The number of hydrogen-bond donors (Lipinski definition) is 6. The molecule has 0 aliphatic heterocycles. The monoisotopic (exact) mass is 1810 g/mol. The molecular weight excluding hydrogens is 1720 g/mol. The SMILES string of the molecule is CCCn1cnc2nc(-c3ccc(O)cc3)n(COCC[Si](C)(C)C)c2c1=O.CCCn1cnc2nc(-c3ccc(OCC(=O)Nc4ccc(C#N)cc4)cc3)[nH]c2c1=O.CCCn1cnc2nc(-c3ccc(OCC(=O)Nc4ccc(C#N)cc4)cc3)n(COCC[Si](C)(C)C)c2c1=O.N#Cc1ccc(N)cc1.N#Cc1ccc(NC(=O)CCl)cc1.O=C(Cl)CCl. The normalized spacial score (nSPS) is 10.7. The van der Waals surface area contributed by atoms with Crippen LogP contribution in [0, 0.1) is 45.3 Å². The zero-order valence-corrected chi connectivity index (χ0v) is 75.8. The largest absolute Gasteiger partial charge is 0.508 e. The molecule has 0 unspecified atom stereocenters. The van der Waals surface area contributed by atoms with E-state index in [0.717, 1.165) is 48.0 Å². The Morgan fingerprint density at radius 3 is 1.15 bits per heavy atom. The van der Waals surface area contributed by atoms with Crippen LogP contribution < -0.4 is 47.8 Å². The highest BCUT2D eigenvalue weighted by Gasteiger charge is 2.23. The summed E-state index contributed by atoms with van der Waals surface area (Å²) >= 11 is 14.8. The number of amides is 3. The van der Waals surface area contributed by atoms with Crippen molar-refractivity contribution < 1.29 is 43.2 Å². The first-order valence-electron chi connectivity index (χ1n) is 40.1. The van der Waals surface area contributed by atoms with Gasteiger partial charge in [-0.1, -0.05) is 60.1 Å². The number of aromatic nitrogens is 12. The predicted molar refractivity (Wildman–Crippen MR) is 497 cm³/mol. The number of phenols is 1. The number of ether oxygens (including phenoxy) is 4. The lowest BCUT2D eigenvalue weighted by Crippen LogP contribution is -2.24. The zero-order valence-electron chi connectivity index (χ0n) is 71.6. The fourth-order valence-corrected chi connectivity index (χ4v) is 13.1. The summed E-state index contributed by atoms with van der Waals surface area (Å²) in [6.45, 7) is 23.0. The van der Waals surface area contributed by atoms with Crippen LogP contribution in [-0.4, -0.2) is 140 Å². The highest BCUT2D eigenvalue weighted by Crippen LogP contribution is 2.29. The van der Waals surface area contributed by atoms with Crippen LogP contribution in [0.25, 0.3) is 67.7 Å². The van der Waals surface area contributed by atoms with Crippen molar-refractivity contribution >= 4 is 130 Å². The molecule has 32 nitrogen and oxygen atoms in total. The van der Waals surface area contributed by atoms with Crippen LogP contribution in [0.4, 0.5) is 22.7 Å². The van der Waals surface area contributed by atoms with E-state index in [1.807, 2.05) is 57.2 Å². The van der Waals surface area contributed by atoms with Crippen LogP contribution >= 0.6 is 34.8 Å². The molecule has 13 rings (SSSR count). The predicted octanol–water partition coefficient (Wildman–Crippen LogP) is 15.5. The number of nitrogens with one attached hydrogen (secondary N) is 4. The third-order valence-corrected chi connectivity index (χ3v) is 22.2. The molecule has 658 valence electrons. The maximum absolute atomic E-state index is 13.3. The van der Waals surface area contributed by atoms with Gasteiger partial charge in [-0.2, -0.15) is 21.0 Å². The quantitative estimate of drug-likeness (QED) is 0.00800. The molecule has 0 saturated carbocycles. The molecule has 0 aliphatic carbocycles. The number of halogens is 3. The Kier molecular flexibility index (Phi) is 37.9. The molecule has 6 aromatic heterocycles. The van der Waals surface area contributed by atoms with Crippen LogP contribution in [-0.2, 0) is 61.7 Å². The number of anilines is 4. The smallest absolute Gasteiger partial charge is 0.279 e. The lowest BCUT2D eigenvalue weighted by molar-refractivity contribution is -0.118. The number of H-pyrrole nitrogens is 1. The second kappa shape index (κ2) is 48.9. The van der Waals surface area contributed by atoms with E-state index in [2.05, 4.69) is 90.1 Å². The Morgan fingerprint density at radius 2 is 0.803 bits per heavy atom. The van der Waals surface area contributed by atoms with E-state index in [4.69, 9.17) is 80.5 Å². The van der Waals surface area contributed by atoms with Crippen LogP contribution in [0.3, 0.4) is 0 Å². The molecule has 7 N–H and O–H groups in total. The summed E-state index contributed by atoms with van der Waals surface area (Å²) in [5.74, 6) is 1.87. The van der Waals surface area contributed by atoms with Gasteiger partial charge in [0.15, 0.2) is 46.7 Å². The van der Waals surface area contributed by atoms with E-state index in [9.17, 15) is 38.7 Å². The number of nitrogens with zero attached hydrogens (tertiary/aromatic N) is 15. The minimum absolute atomic E-state index is 0.0694. The van der Waals surface area contributed by atoms with Crippen LogP contribution in [0.1, 0.15) is 62.3 Å². The number of fused-ring (bicyclic) bond motifs is 3. The summed E-state index contributed by atoms with van der Waals surface area (Å²) in [6.07, 6.45) is 7.10. The number of aryl methyl sites for hydroxylation is 3. The average Bonchev–Trinajstić information content (AvgIpc) is 1.62. The van der Waals surface area contributed by atoms with Gasteiger partial charge in [0.25, 0.3) is 28.5 Å².